The number of hydrogen-bond donors (Lipinski definition) is 0. The van der Waals surface area contributed by atoms with Crippen LogP contribution in [0.25, 0.3) is 10.9 Å². The summed E-state index contributed by atoms with van der Waals surface area (Å²) >= 11 is 0. The van der Waals surface area contributed by atoms with Crippen LogP contribution in [-0.2, 0) is 0 Å². The van der Waals surface area contributed by atoms with Crippen LogP contribution >= 0.6 is 7.92 Å². The summed E-state index contributed by atoms with van der Waals surface area (Å²) in [6.45, 7) is 0. The van der Waals surface area contributed by atoms with E-state index in [-0.39, 0.29) is 0 Å². The highest BCUT2D eigenvalue weighted by Gasteiger charge is 2.16. The first-order chi connectivity index (χ1) is 11.4. The number of para-hydroxylation sites is 1. The van der Waals surface area contributed by atoms with Crippen LogP contribution in [0.5, 0.6) is 0 Å². The number of hydrogen-bond acceptors (Lipinski definition) is 1. The number of pyridine rings is 1. The number of nitrogens with zero attached hydrogens (tertiary/aromatic N) is 1. The lowest BCUT2D eigenvalue weighted by molar-refractivity contribution is 1.44. The molecule has 2 heteroatoms. The predicted molar refractivity (Wildman–Crippen MR) is 100 cm³/mol. The van der Waals surface area contributed by atoms with Gasteiger partial charge in [0.1, 0.15) is 0 Å². The summed E-state index contributed by atoms with van der Waals surface area (Å²) in [6, 6.07) is 32.0. The maximum Gasteiger partial charge on any atom is 0.0702 e. The topological polar surface area (TPSA) is 12.9 Å². The van der Waals surface area contributed by atoms with Gasteiger partial charge in [-0.15, -0.1) is 0 Å². The normalized spacial score (nSPS) is 11.0. The van der Waals surface area contributed by atoms with E-state index in [1.165, 1.54) is 21.3 Å². The van der Waals surface area contributed by atoms with E-state index in [1.807, 2.05) is 12.3 Å². The Kier molecular flexibility index (Phi) is 3.88. The summed E-state index contributed by atoms with van der Waals surface area (Å²) in [5.74, 6) is 0. The lowest BCUT2D eigenvalue weighted by Gasteiger charge is -2.19. The van der Waals surface area contributed by atoms with E-state index in [9.17, 15) is 0 Å². The van der Waals surface area contributed by atoms with Gasteiger partial charge in [-0.3, -0.25) is 4.98 Å². The quantitative estimate of drug-likeness (QED) is 0.521. The van der Waals surface area contributed by atoms with Gasteiger partial charge in [0, 0.05) is 16.9 Å². The molecule has 0 radical (unpaired) electrons. The standard InChI is InChI=1S/C21H16NP/c1-3-10-18(11-4-1)23(19-12-5-2-6-13-19)20-15-17-9-7-8-14-21(17)22-16-20/h1-16H. The van der Waals surface area contributed by atoms with Crippen LogP contribution in [0.4, 0.5) is 0 Å². The average molecular weight is 313 g/mol. The number of rotatable bonds is 3. The van der Waals surface area contributed by atoms with Crippen LogP contribution < -0.4 is 15.9 Å². The van der Waals surface area contributed by atoms with Crippen molar-refractivity contribution < 1.29 is 0 Å². The maximum atomic E-state index is 4.67. The van der Waals surface area contributed by atoms with Gasteiger partial charge in [-0.2, -0.15) is 0 Å². The van der Waals surface area contributed by atoms with Crippen LogP contribution in [-0.4, -0.2) is 4.98 Å². The van der Waals surface area contributed by atoms with Crippen molar-refractivity contribution in [3.8, 4) is 0 Å². The molecular formula is C21H16NP. The molecule has 0 saturated carbocycles. The van der Waals surface area contributed by atoms with Gasteiger partial charge in [-0.05, 0) is 30.7 Å². The Hall–Kier alpha value is -2.50. The van der Waals surface area contributed by atoms with Crippen molar-refractivity contribution in [2.75, 3.05) is 0 Å². The molecule has 0 fully saturated rings. The highest BCUT2D eigenvalue weighted by atomic mass is 31.1. The Morgan fingerprint density at radius 3 is 1.78 bits per heavy atom. The fourth-order valence-corrected chi connectivity index (χ4v) is 5.06. The molecular weight excluding hydrogens is 297 g/mol. The summed E-state index contributed by atoms with van der Waals surface area (Å²) in [7, 11) is -0.582. The van der Waals surface area contributed by atoms with Gasteiger partial charge >= 0.3 is 0 Å². The van der Waals surface area contributed by atoms with E-state index in [2.05, 4.69) is 89.9 Å². The second-order valence-corrected chi connectivity index (χ2v) is 7.61. The number of aromatic nitrogens is 1. The zero-order valence-corrected chi connectivity index (χ0v) is 13.5. The first-order valence-electron chi connectivity index (χ1n) is 7.67. The van der Waals surface area contributed by atoms with Crippen molar-refractivity contribution in [2.24, 2.45) is 0 Å². The molecule has 0 N–H and O–H groups in total. The number of fused-ring (bicyclic) bond motifs is 1. The average Bonchev–Trinajstić information content (AvgIpc) is 2.64. The molecule has 0 amide bonds. The second-order valence-electron chi connectivity index (χ2n) is 5.39. The largest absolute Gasteiger partial charge is 0.256 e. The molecule has 0 atom stereocenters. The Morgan fingerprint density at radius 2 is 1.13 bits per heavy atom. The molecule has 0 aliphatic rings. The lowest BCUT2D eigenvalue weighted by atomic mass is 10.2. The lowest BCUT2D eigenvalue weighted by Crippen LogP contribution is -2.20. The second kappa shape index (κ2) is 6.32. The highest BCUT2D eigenvalue weighted by Crippen LogP contribution is 2.33. The fourth-order valence-electron chi connectivity index (χ4n) is 2.78. The maximum absolute atomic E-state index is 4.67. The Labute approximate surface area is 137 Å². The number of benzene rings is 3. The smallest absolute Gasteiger partial charge is 0.0702 e. The monoisotopic (exact) mass is 313 g/mol. The van der Waals surface area contributed by atoms with Gasteiger partial charge in [0.25, 0.3) is 0 Å². The molecule has 1 nitrogen and oxygen atoms in total. The van der Waals surface area contributed by atoms with Gasteiger partial charge in [0.05, 0.1) is 5.52 Å². The Balaban J connectivity index is 1.90. The highest BCUT2D eigenvalue weighted by molar-refractivity contribution is 7.79. The molecule has 0 saturated heterocycles. The first kappa shape index (κ1) is 14.1. The van der Waals surface area contributed by atoms with Crippen LogP contribution in [0.1, 0.15) is 0 Å². The molecule has 0 spiro atoms. The summed E-state index contributed by atoms with van der Waals surface area (Å²) in [5.41, 5.74) is 1.05. The van der Waals surface area contributed by atoms with Crippen molar-refractivity contribution in [2.45, 2.75) is 0 Å². The zero-order chi connectivity index (χ0) is 15.5. The van der Waals surface area contributed by atoms with Gasteiger partial charge in [0.15, 0.2) is 0 Å². The first-order valence-corrected chi connectivity index (χ1v) is 9.01. The molecule has 0 aliphatic carbocycles. The molecule has 110 valence electrons. The Morgan fingerprint density at radius 1 is 0.565 bits per heavy atom. The predicted octanol–water partition coefficient (Wildman–Crippen LogP) is 3.99. The molecule has 0 bridgehead atoms. The van der Waals surface area contributed by atoms with E-state index in [0.29, 0.717) is 0 Å². The molecule has 4 rings (SSSR count). The Bertz CT molecular complexity index is 880. The zero-order valence-electron chi connectivity index (χ0n) is 12.6. The molecule has 0 aliphatic heterocycles. The molecule has 1 heterocycles. The molecule has 4 aromatic rings. The van der Waals surface area contributed by atoms with Gasteiger partial charge in [-0.25, -0.2) is 0 Å². The van der Waals surface area contributed by atoms with Gasteiger partial charge < -0.3 is 0 Å². The minimum absolute atomic E-state index is 0.582. The van der Waals surface area contributed by atoms with Crippen LogP contribution in [0, 0.1) is 0 Å². The molecule has 23 heavy (non-hydrogen) atoms. The summed E-state index contributed by atoms with van der Waals surface area (Å²) in [6.07, 6.45) is 2.04. The van der Waals surface area contributed by atoms with Crippen molar-refractivity contribution in [3.63, 3.8) is 0 Å². The third kappa shape index (κ3) is 2.88. The molecule has 1 aromatic heterocycles. The summed E-state index contributed by atoms with van der Waals surface area (Å²) in [5, 5.41) is 5.19. The van der Waals surface area contributed by atoms with E-state index >= 15 is 0 Å². The van der Waals surface area contributed by atoms with E-state index in [4.69, 9.17) is 0 Å². The van der Waals surface area contributed by atoms with Crippen LogP contribution in [0.3, 0.4) is 0 Å². The summed E-state index contributed by atoms with van der Waals surface area (Å²) < 4.78 is 0. The minimum atomic E-state index is -0.582. The van der Waals surface area contributed by atoms with Crippen molar-refractivity contribution in [1.29, 1.82) is 0 Å². The van der Waals surface area contributed by atoms with Crippen molar-refractivity contribution >= 4 is 34.7 Å². The van der Waals surface area contributed by atoms with Crippen molar-refractivity contribution in [1.82, 2.24) is 4.98 Å². The molecule has 0 unspecified atom stereocenters. The summed E-state index contributed by atoms with van der Waals surface area (Å²) in [4.78, 5) is 4.67. The van der Waals surface area contributed by atoms with Gasteiger partial charge in [0.2, 0.25) is 0 Å². The third-order valence-electron chi connectivity index (χ3n) is 3.86. The fraction of sp³-hybridized carbons (Fsp3) is 0. The van der Waals surface area contributed by atoms with Crippen LogP contribution in [0.15, 0.2) is 97.2 Å². The van der Waals surface area contributed by atoms with Crippen molar-refractivity contribution in [3.05, 3.63) is 97.2 Å². The van der Waals surface area contributed by atoms with Crippen LogP contribution in [0.2, 0.25) is 0 Å². The minimum Gasteiger partial charge on any atom is -0.256 e. The molecule has 3 aromatic carbocycles. The third-order valence-corrected chi connectivity index (χ3v) is 6.25. The van der Waals surface area contributed by atoms with E-state index in [1.54, 1.807) is 0 Å². The van der Waals surface area contributed by atoms with E-state index in [0.717, 1.165) is 5.52 Å². The van der Waals surface area contributed by atoms with E-state index < -0.39 is 7.92 Å². The SMILES string of the molecule is c1ccc(P(c2ccccc2)c2cnc3ccccc3c2)cc1. The van der Waals surface area contributed by atoms with Gasteiger partial charge in [-0.1, -0.05) is 78.9 Å².